The highest BCUT2D eigenvalue weighted by Gasteiger charge is 2.18. The average molecular weight is 351 g/mol. The Morgan fingerprint density at radius 2 is 1.81 bits per heavy atom. The van der Waals surface area contributed by atoms with E-state index >= 15 is 0 Å². The molecule has 0 atom stereocenters. The summed E-state index contributed by atoms with van der Waals surface area (Å²) >= 11 is 0. The van der Waals surface area contributed by atoms with E-state index in [0.29, 0.717) is 12.1 Å². The molecule has 1 aliphatic carbocycles. The summed E-state index contributed by atoms with van der Waals surface area (Å²) in [5, 5.41) is 3.61. The summed E-state index contributed by atoms with van der Waals surface area (Å²) in [5.74, 6) is 2.01. The molecule has 1 saturated carbocycles. The van der Waals surface area contributed by atoms with Gasteiger partial charge in [-0.3, -0.25) is 0 Å². The molecule has 0 amide bonds. The Bertz CT molecular complexity index is 718. The van der Waals surface area contributed by atoms with Gasteiger partial charge >= 0.3 is 0 Å². The lowest BCUT2D eigenvalue weighted by Gasteiger charge is -2.31. The van der Waals surface area contributed by atoms with Crippen LogP contribution in [0.2, 0.25) is 0 Å². The molecular formula is C21H29N5. The molecule has 2 fully saturated rings. The number of hydrogen-bond donors (Lipinski definition) is 2. The van der Waals surface area contributed by atoms with Gasteiger partial charge in [0.2, 0.25) is 0 Å². The lowest BCUT2D eigenvalue weighted by atomic mass is 9.95. The fraction of sp³-hybridized carbons (Fsp3) is 0.524. The van der Waals surface area contributed by atoms with E-state index in [2.05, 4.69) is 39.5 Å². The molecule has 2 aromatic heterocycles. The van der Waals surface area contributed by atoms with Crippen LogP contribution in [0.4, 0.5) is 11.6 Å². The van der Waals surface area contributed by atoms with Crippen LogP contribution < -0.4 is 16.0 Å². The molecule has 0 bridgehead atoms. The van der Waals surface area contributed by atoms with E-state index in [1.165, 1.54) is 32.1 Å². The number of nitrogens with two attached hydrogens (primary N) is 1. The maximum Gasteiger partial charge on any atom is 0.129 e. The van der Waals surface area contributed by atoms with Crippen molar-refractivity contribution < 1.29 is 0 Å². The molecule has 4 rings (SSSR count). The molecule has 0 spiro atoms. The van der Waals surface area contributed by atoms with Gasteiger partial charge in [0.15, 0.2) is 0 Å². The first-order valence-corrected chi connectivity index (χ1v) is 9.98. The summed E-state index contributed by atoms with van der Waals surface area (Å²) in [6.07, 6.45) is 10.5. The highest BCUT2D eigenvalue weighted by molar-refractivity contribution is 5.64. The smallest absolute Gasteiger partial charge is 0.129 e. The molecule has 0 unspecified atom stereocenters. The van der Waals surface area contributed by atoms with Crippen molar-refractivity contribution in [3.8, 4) is 11.3 Å². The molecule has 1 aliphatic heterocycles. The summed E-state index contributed by atoms with van der Waals surface area (Å²) < 4.78 is 0. The van der Waals surface area contributed by atoms with E-state index in [1.54, 1.807) is 0 Å². The summed E-state index contributed by atoms with van der Waals surface area (Å²) in [6, 6.07) is 11.4. The van der Waals surface area contributed by atoms with Gasteiger partial charge in [0.25, 0.3) is 0 Å². The van der Waals surface area contributed by atoms with Crippen molar-refractivity contribution in [2.24, 2.45) is 5.73 Å². The predicted octanol–water partition coefficient (Wildman–Crippen LogP) is 3.82. The maximum atomic E-state index is 6.03. The Morgan fingerprint density at radius 3 is 2.62 bits per heavy atom. The average Bonchev–Trinajstić information content (AvgIpc) is 2.70. The van der Waals surface area contributed by atoms with Crippen LogP contribution in [0.15, 0.2) is 36.5 Å². The molecule has 2 aliphatic rings. The molecule has 5 nitrogen and oxygen atoms in total. The molecule has 3 N–H and O–H groups in total. The lowest BCUT2D eigenvalue weighted by molar-refractivity contribution is 0.462. The van der Waals surface area contributed by atoms with Gasteiger partial charge in [-0.25, -0.2) is 9.97 Å². The van der Waals surface area contributed by atoms with Gasteiger partial charge < -0.3 is 16.0 Å². The maximum absolute atomic E-state index is 6.03. The van der Waals surface area contributed by atoms with Crippen molar-refractivity contribution in [3.63, 3.8) is 0 Å². The third kappa shape index (κ3) is 4.15. The van der Waals surface area contributed by atoms with Crippen LogP contribution in [0, 0.1) is 0 Å². The summed E-state index contributed by atoms with van der Waals surface area (Å²) in [4.78, 5) is 11.8. The molecule has 2 aromatic rings. The Hall–Kier alpha value is -2.14. The molecular weight excluding hydrogens is 322 g/mol. The lowest BCUT2D eigenvalue weighted by Crippen LogP contribution is -2.40. The number of aromatic nitrogens is 2. The minimum atomic E-state index is 0.336. The van der Waals surface area contributed by atoms with Gasteiger partial charge in [-0.05, 0) is 49.9 Å². The van der Waals surface area contributed by atoms with Crippen LogP contribution in [-0.2, 0) is 0 Å². The van der Waals surface area contributed by atoms with Gasteiger partial charge in [-0.15, -0.1) is 0 Å². The minimum Gasteiger partial charge on any atom is -0.367 e. The Kier molecular flexibility index (Phi) is 5.34. The van der Waals surface area contributed by atoms with Crippen molar-refractivity contribution in [2.75, 3.05) is 23.3 Å². The van der Waals surface area contributed by atoms with E-state index in [4.69, 9.17) is 10.7 Å². The third-order valence-corrected chi connectivity index (χ3v) is 5.61. The van der Waals surface area contributed by atoms with Crippen LogP contribution >= 0.6 is 0 Å². The Morgan fingerprint density at radius 1 is 1.00 bits per heavy atom. The second-order valence-corrected chi connectivity index (χ2v) is 7.61. The molecule has 0 aromatic carbocycles. The van der Waals surface area contributed by atoms with Crippen molar-refractivity contribution in [2.45, 2.75) is 57.0 Å². The predicted molar refractivity (Wildman–Crippen MR) is 107 cm³/mol. The van der Waals surface area contributed by atoms with Gasteiger partial charge in [0.05, 0.1) is 5.69 Å². The van der Waals surface area contributed by atoms with Crippen LogP contribution in [0.1, 0.15) is 44.9 Å². The van der Waals surface area contributed by atoms with E-state index in [1.807, 2.05) is 12.3 Å². The van der Waals surface area contributed by atoms with Gasteiger partial charge in [-0.2, -0.15) is 0 Å². The molecule has 1 saturated heterocycles. The zero-order valence-electron chi connectivity index (χ0n) is 15.4. The summed E-state index contributed by atoms with van der Waals surface area (Å²) in [7, 11) is 0. The van der Waals surface area contributed by atoms with Crippen LogP contribution in [0.25, 0.3) is 11.3 Å². The number of hydrogen-bond acceptors (Lipinski definition) is 5. The van der Waals surface area contributed by atoms with Gasteiger partial charge in [0, 0.05) is 36.9 Å². The highest BCUT2D eigenvalue weighted by atomic mass is 15.2. The molecule has 3 heterocycles. The van der Waals surface area contributed by atoms with Crippen molar-refractivity contribution in [1.29, 1.82) is 0 Å². The second kappa shape index (κ2) is 8.04. The van der Waals surface area contributed by atoms with E-state index in [9.17, 15) is 0 Å². The largest absolute Gasteiger partial charge is 0.367 e. The summed E-state index contributed by atoms with van der Waals surface area (Å²) in [6.45, 7) is 1.98. The first kappa shape index (κ1) is 17.3. The number of anilines is 2. The van der Waals surface area contributed by atoms with E-state index in [0.717, 1.165) is 48.8 Å². The fourth-order valence-corrected chi connectivity index (χ4v) is 4.01. The van der Waals surface area contributed by atoms with Crippen LogP contribution in [-0.4, -0.2) is 35.1 Å². The first-order chi connectivity index (χ1) is 12.8. The number of rotatable bonds is 4. The normalized spacial score (nSPS) is 19.5. The number of nitrogens with zero attached hydrogens (tertiary/aromatic N) is 3. The Labute approximate surface area is 156 Å². The summed E-state index contributed by atoms with van der Waals surface area (Å²) in [5.41, 5.74) is 8.15. The second-order valence-electron chi connectivity index (χ2n) is 7.61. The quantitative estimate of drug-likeness (QED) is 0.876. The van der Waals surface area contributed by atoms with Crippen LogP contribution in [0.3, 0.4) is 0 Å². The number of pyridine rings is 2. The van der Waals surface area contributed by atoms with Gasteiger partial charge in [-0.1, -0.05) is 25.3 Å². The number of piperidine rings is 1. The van der Waals surface area contributed by atoms with Crippen molar-refractivity contribution in [3.05, 3.63) is 36.5 Å². The molecule has 0 radical (unpaired) electrons. The monoisotopic (exact) mass is 351 g/mol. The highest BCUT2D eigenvalue weighted by Crippen LogP contribution is 2.26. The van der Waals surface area contributed by atoms with Crippen LogP contribution in [0.5, 0.6) is 0 Å². The minimum absolute atomic E-state index is 0.336. The molecule has 26 heavy (non-hydrogen) atoms. The third-order valence-electron chi connectivity index (χ3n) is 5.61. The first-order valence-electron chi connectivity index (χ1n) is 9.98. The van der Waals surface area contributed by atoms with Gasteiger partial charge in [0.1, 0.15) is 11.6 Å². The zero-order valence-corrected chi connectivity index (χ0v) is 15.4. The van der Waals surface area contributed by atoms with E-state index in [-0.39, 0.29) is 0 Å². The standard InChI is InChI=1S/C21H29N5/c22-17-10-13-26(14-11-17)21-8-4-7-19(25-21)16-9-12-23-20(15-16)24-18-5-2-1-3-6-18/h4,7-9,12,15,17-18H,1-3,5-6,10-11,13-14,22H2,(H,23,24). The van der Waals surface area contributed by atoms with E-state index < -0.39 is 0 Å². The topological polar surface area (TPSA) is 67.1 Å². The zero-order chi connectivity index (χ0) is 17.8. The Balaban J connectivity index is 1.50. The molecule has 138 valence electrons. The molecule has 5 heteroatoms. The number of nitrogens with one attached hydrogen (secondary N) is 1. The van der Waals surface area contributed by atoms with Crippen molar-refractivity contribution in [1.82, 2.24) is 9.97 Å². The fourth-order valence-electron chi connectivity index (χ4n) is 4.01. The SMILES string of the molecule is NC1CCN(c2cccc(-c3ccnc(NC4CCCCC4)c3)n2)CC1. The van der Waals surface area contributed by atoms with Crippen molar-refractivity contribution >= 4 is 11.6 Å².